The number of aromatic nitrogens is 2. The molecule has 1 aromatic heterocycles. The van der Waals surface area contributed by atoms with Crippen molar-refractivity contribution in [1.29, 1.82) is 0 Å². The molecule has 2 rings (SSSR count). The van der Waals surface area contributed by atoms with E-state index in [1.807, 2.05) is 0 Å². The van der Waals surface area contributed by atoms with Crippen LogP contribution >= 0.6 is 23.4 Å². The van der Waals surface area contributed by atoms with Gasteiger partial charge < -0.3 is 5.73 Å². The predicted molar refractivity (Wildman–Crippen MR) is 76.1 cm³/mol. The van der Waals surface area contributed by atoms with Crippen LogP contribution in [0.4, 0.5) is 5.95 Å². The van der Waals surface area contributed by atoms with Gasteiger partial charge in [0, 0.05) is 4.90 Å². The molecular formula is C13H14ClN3S. The van der Waals surface area contributed by atoms with Gasteiger partial charge in [-0.3, -0.25) is 0 Å². The van der Waals surface area contributed by atoms with Crippen molar-refractivity contribution < 1.29 is 0 Å². The number of nitrogen functional groups attached to an aromatic ring is 1. The van der Waals surface area contributed by atoms with Gasteiger partial charge in [0.05, 0.1) is 11.2 Å². The van der Waals surface area contributed by atoms with Gasteiger partial charge in [0.25, 0.3) is 0 Å². The van der Waals surface area contributed by atoms with Crippen LogP contribution in [-0.2, 0) is 0 Å². The van der Waals surface area contributed by atoms with Crippen LogP contribution in [0.2, 0.25) is 5.02 Å². The fraction of sp³-hybridized carbons (Fsp3) is 0.231. The van der Waals surface area contributed by atoms with E-state index in [0.717, 1.165) is 4.90 Å². The van der Waals surface area contributed by atoms with Crippen LogP contribution in [0, 0.1) is 0 Å². The molecule has 2 N–H and O–H groups in total. The van der Waals surface area contributed by atoms with E-state index < -0.39 is 0 Å². The molecule has 0 radical (unpaired) electrons. The third-order valence-corrected chi connectivity index (χ3v) is 3.89. The first-order chi connectivity index (χ1) is 8.56. The molecule has 1 aromatic carbocycles. The van der Waals surface area contributed by atoms with E-state index in [2.05, 4.69) is 48.1 Å². The molecule has 0 amide bonds. The van der Waals surface area contributed by atoms with E-state index >= 15 is 0 Å². The standard InChI is InChI=1S/C13H14ClN3S/c1-8(2)9-3-5-10(6-4-9)18-12-11(14)7-16-13(15)17-12/h3-8H,1-2H3,(H2,15,16,17). The van der Waals surface area contributed by atoms with Crippen molar-refractivity contribution in [3.05, 3.63) is 41.0 Å². The van der Waals surface area contributed by atoms with Gasteiger partial charge in [-0.15, -0.1) is 0 Å². The Bertz CT molecular complexity index is 540. The number of anilines is 1. The summed E-state index contributed by atoms with van der Waals surface area (Å²) in [6.07, 6.45) is 1.52. The number of benzene rings is 1. The molecule has 0 saturated heterocycles. The zero-order valence-electron chi connectivity index (χ0n) is 10.2. The number of hydrogen-bond donors (Lipinski definition) is 1. The Hall–Kier alpha value is -1.26. The first-order valence-corrected chi connectivity index (χ1v) is 6.81. The van der Waals surface area contributed by atoms with Crippen LogP contribution in [-0.4, -0.2) is 9.97 Å². The monoisotopic (exact) mass is 279 g/mol. The van der Waals surface area contributed by atoms with Gasteiger partial charge in [-0.1, -0.05) is 49.3 Å². The van der Waals surface area contributed by atoms with Gasteiger partial charge in [-0.25, -0.2) is 9.97 Å². The molecule has 94 valence electrons. The van der Waals surface area contributed by atoms with Crippen molar-refractivity contribution in [2.24, 2.45) is 0 Å². The van der Waals surface area contributed by atoms with Gasteiger partial charge in [0.15, 0.2) is 0 Å². The van der Waals surface area contributed by atoms with E-state index in [4.69, 9.17) is 17.3 Å². The average molecular weight is 280 g/mol. The third kappa shape index (κ3) is 3.15. The highest BCUT2D eigenvalue weighted by Gasteiger charge is 2.06. The van der Waals surface area contributed by atoms with Crippen LogP contribution < -0.4 is 5.73 Å². The van der Waals surface area contributed by atoms with E-state index in [1.54, 1.807) is 0 Å². The lowest BCUT2D eigenvalue weighted by Crippen LogP contribution is -1.95. The Morgan fingerprint density at radius 3 is 2.50 bits per heavy atom. The molecule has 0 spiro atoms. The smallest absolute Gasteiger partial charge is 0.221 e. The minimum absolute atomic E-state index is 0.237. The molecule has 0 aliphatic heterocycles. The average Bonchev–Trinajstić information content (AvgIpc) is 2.34. The van der Waals surface area contributed by atoms with Gasteiger partial charge >= 0.3 is 0 Å². The summed E-state index contributed by atoms with van der Waals surface area (Å²) >= 11 is 7.51. The maximum Gasteiger partial charge on any atom is 0.221 e. The number of nitrogens with two attached hydrogens (primary N) is 1. The molecule has 0 fully saturated rings. The molecule has 5 heteroatoms. The molecule has 0 atom stereocenters. The summed E-state index contributed by atoms with van der Waals surface area (Å²) in [5.74, 6) is 0.767. The zero-order chi connectivity index (χ0) is 13.1. The molecule has 1 heterocycles. The number of halogens is 1. The normalized spacial score (nSPS) is 10.9. The minimum Gasteiger partial charge on any atom is -0.368 e. The molecule has 3 nitrogen and oxygen atoms in total. The molecule has 0 bridgehead atoms. The van der Waals surface area contributed by atoms with Crippen LogP contribution in [0.1, 0.15) is 25.3 Å². The summed E-state index contributed by atoms with van der Waals surface area (Å²) in [6.45, 7) is 4.34. The zero-order valence-corrected chi connectivity index (χ0v) is 11.8. The van der Waals surface area contributed by atoms with Crippen LogP contribution in [0.5, 0.6) is 0 Å². The minimum atomic E-state index is 0.237. The van der Waals surface area contributed by atoms with Crippen molar-refractivity contribution in [2.45, 2.75) is 29.7 Å². The highest BCUT2D eigenvalue weighted by atomic mass is 35.5. The van der Waals surface area contributed by atoms with E-state index in [-0.39, 0.29) is 5.95 Å². The van der Waals surface area contributed by atoms with Crippen LogP contribution in [0.3, 0.4) is 0 Å². The first kappa shape index (κ1) is 13.2. The molecular weight excluding hydrogens is 266 g/mol. The van der Waals surface area contributed by atoms with Crippen molar-refractivity contribution in [3.63, 3.8) is 0 Å². The topological polar surface area (TPSA) is 51.8 Å². The number of nitrogens with zero attached hydrogens (tertiary/aromatic N) is 2. The van der Waals surface area contributed by atoms with E-state index in [0.29, 0.717) is 16.0 Å². The highest BCUT2D eigenvalue weighted by Crippen LogP contribution is 2.32. The lowest BCUT2D eigenvalue weighted by Gasteiger charge is -2.07. The Morgan fingerprint density at radius 2 is 1.89 bits per heavy atom. The van der Waals surface area contributed by atoms with Crippen molar-refractivity contribution in [3.8, 4) is 0 Å². The Balaban J connectivity index is 2.21. The van der Waals surface area contributed by atoms with Gasteiger partial charge in [-0.05, 0) is 23.6 Å². The second-order valence-corrected chi connectivity index (χ2v) is 5.68. The number of hydrogen-bond acceptors (Lipinski definition) is 4. The molecule has 0 saturated carbocycles. The molecule has 0 aliphatic carbocycles. The van der Waals surface area contributed by atoms with Crippen molar-refractivity contribution in [1.82, 2.24) is 9.97 Å². The quantitative estimate of drug-likeness (QED) is 0.863. The largest absolute Gasteiger partial charge is 0.368 e. The summed E-state index contributed by atoms with van der Waals surface area (Å²) in [4.78, 5) is 9.05. The van der Waals surface area contributed by atoms with Gasteiger partial charge in [0.2, 0.25) is 5.95 Å². The first-order valence-electron chi connectivity index (χ1n) is 5.62. The summed E-state index contributed by atoms with van der Waals surface area (Å²) in [7, 11) is 0. The summed E-state index contributed by atoms with van der Waals surface area (Å²) in [5.41, 5.74) is 6.86. The Morgan fingerprint density at radius 1 is 1.22 bits per heavy atom. The maximum atomic E-state index is 6.03. The maximum absolute atomic E-state index is 6.03. The van der Waals surface area contributed by atoms with Crippen molar-refractivity contribution >= 4 is 29.3 Å². The fourth-order valence-corrected chi connectivity index (χ4v) is 2.46. The van der Waals surface area contributed by atoms with Gasteiger partial charge in [-0.2, -0.15) is 0 Å². The second kappa shape index (κ2) is 5.59. The van der Waals surface area contributed by atoms with Gasteiger partial charge in [0.1, 0.15) is 5.03 Å². The summed E-state index contributed by atoms with van der Waals surface area (Å²) in [6, 6.07) is 8.36. The third-order valence-electron chi connectivity index (χ3n) is 2.49. The second-order valence-electron chi connectivity index (χ2n) is 4.21. The van der Waals surface area contributed by atoms with E-state index in [1.165, 1.54) is 23.5 Å². The summed E-state index contributed by atoms with van der Waals surface area (Å²) in [5, 5.41) is 1.20. The molecule has 0 aliphatic rings. The van der Waals surface area contributed by atoms with Crippen molar-refractivity contribution in [2.75, 3.05) is 5.73 Å². The Labute approximate surface area is 116 Å². The fourth-order valence-electron chi connectivity index (χ4n) is 1.47. The van der Waals surface area contributed by atoms with E-state index in [9.17, 15) is 0 Å². The summed E-state index contributed by atoms with van der Waals surface area (Å²) < 4.78 is 0. The lowest BCUT2D eigenvalue weighted by atomic mass is 10.0. The molecule has 18 heavy (non-hydrogen) atoms. The number of rotatable bonds is 3. The molecule has 2 aromatic rings. The SMILES string of the molecule is CC(C)c1ccc(Sc2nc(N)ncc2Cl)cc1. The predicted octanol–water partition coefficient (Wildman–Crippen LogP) is 3.99. The van der Waals surface area contributed by atoms with Crippen LogP contribution in [0.25, 0.3) is 0 Å². The highest BCUT2D eigenvalue weighted by molar-refractivity contribution is 7.99. The lowest BCUT2D eigenvalue weighted by molar-refractivity contribution is 0.865. The van der Waals surface area contributed by atoms with Crippen LogP contribution in [0.15, 0.2) is 40.4 Å². The Kier molecular flexibility index (Phi) is 4.09. The molecule has 0 unspecified atom stereocenters.